The molecule has 0 aliphatic carbocycles. The molecule has 8 heteroatoms. The van der Waals surface area contributed by atoms with Crippen LogP contribution in [0.1, 0.15) is 23.8 Å². The zero-order valence-electron chi connectivity index (χ0n) is 16.4. The van der Waals surface area contributed by atoms with Gasteiger partial charge in [-0.05, 0) is 42.8 Å². The Morgan fingerprint density at radius 1 is 1.10 bits per heavy atom. The van der Waals surface area contributed by atoms with E-state index in [9.17, 15) is 19.1 Å². The minimum absolute atomic E-state index is 0.0482. The van der Waals surface area contributed by atoms with Crippen molar-refractivity contribution < 1.29 is 28.2 Å². The van der Waals surface area contributed by atoms with Gasteiger partial charge in [0.1, 0.15) is 23.4 Å². The SMILES string of the molecule is O=C1C(=O)N(CCCN2CCOCC2)[C@H](c2ccco2)/C1=C(\O)c1ccc(F)cc1. The summed E-state index contributed by atoms with van der Waals surface area (Å²) in [7, 11) is 0. The van der Waals surface area contributed by atoms with Crippen LogP contribution in [0.5, 0.6) is 0 Å². The highest BCUT2D eigenvalue weighted by molar-refractivity contribution is 6.46. The molecule has 1 aromatic carbocycles. The number of hydrogen-bond donors (Lipinski definition) is 1. The van der Waals surface area contributed by atoms with E-state index in [-0.39, 0.29) is 16.9 Å². The summed E-state index contributed by atoms with van der Waals surface area (Å²) in [5.41, 5.74) is 0.215. The molecule has 1 atom stereocenters. The number of rotatable bonds is 6. The summed E-state index contributed by atoms with van der Waals surface area (Å²) in [6.07, 6.45) is 2.13. The lowest BCUT2D eigenvalue weighted by atomic mass is 9.99. The molecule has 1 amide bonds. The molecule has 0 bridgehead atoms. The van der Waals surface area contributed by atoms with Gasteiger partial charge in [-0.25, -0.2) is 4.39 Å². The molecule has 0 spiro atoms. The van der Waals surface area contributed by atoms with Crippen molar-refractivity contribution in [3.8, 4) is 0 Å². The zero-order valence-corrected chi connectivity index (χ0v) is 16.4. The summed E-state index contributed by atoms with van der Waals surface area (Å²) in [4.78, 5) is 29.3. The van der Waals surface area contributed by atoms with Gasteiger partial charge < -0.3 is 19.2 Å². The zero-order chi connectivity index (χ0) is 21.1. The maximum atomic E-state index is 13.3. The maximum absolute atomic E-state index is 13.3. The monoisotopic (exact) mass is 414 g/mol. The lowest BCUT2D eigenvalue weighted by Crippen LogP contribution is -2.38. The van der Waals surface area contributed by atoms with Crippen molar-refractivity contribution in [2.45, 2.75) is 12.5 Å². The fraction of sp³-hybridized carbons (Fsp3) is 0.364. The number of amides is 1. The quantitative estimate of drug-likeness (QED) is 0.444. The van der Waals surface area contributed by atoms with E-state index < -0.39 is 23.5 Å². The Bertz CT molecular complexity index is 933. The van der Waals surface area contributed by atoms with E-state index in [0.717, 1.165) is 19.6 Å². The smallest absolute Gasteiger partial charge is 0.295 e. The first-order chi connectivity index (χ1) is 14.6. The minimum atomic E-state index is -0.824. The van der Waals surface area contributed by atoms with Gasteiger partial charge in [-0.1, -0.05) is 0 Å². The first-order valence-corrected chi connectivity index (χ1v) is 9.94. The van der Waals surface area contributed by atoms with E-state index in [4.69, 9.17) is 9.15 Å². The number of furan rings is 1. The Morgan fingerprint density at radius 2 is 1.83 bits per heavy atom. The van der Waals surface area contributed by atoms with Gasteiger partial charge in [0.2, 0.25) is 0 Å². The molecule has 0 unspecified atom stereocenters. The normalized spacial score (nSPS) is 22.0. The highest BCUT2D eigenvalue weighted by atomic mass is 19.1. The summed E-state index contributed by atoms with van der Waals surface area (Å²) in [6.45, 7) is 4.17. The Hall–Kier alpha value is -2.97. The highest BCUT2D eigenvalue weighted by Crippen LogP contribution is 2.39. The van der Waals surface area contributed by atoms with Crippen molar-refractivity contribution in [3.05, 3.63) is 65.4 Å². The Balaban J connectivity index is 1.61. The summed E-state index contributed by atoms with van der Waals surface area (Å²) < 4.78 is 24.1. The average molecular weight is 414 g/mol. The van der Waals surface area contributed by atoms with E-state index >= 15 is 0 Å². The van der Waals surface area contributed by atoms with Gasteiger partial charge in [-0.15, -0.1) is 0 Å². The summed E-state index contributed by atoms with van der Waals surface area (Å²) in [5, 5.41) is 10.8. The first-order valence-electron chi connectivity index (χ1n) is 9.94. The second kappa shape index (κ2) is 8.81. The lowest BCUT2D eigenvalue weighted by Gasteiger charge is -2.28. The molecule has 2 saturated heterocycles. The van der Waals surface area contributed by atoms with Crippen molar-refractivity contribution in [2.75, 3.05) is 39.4 Å². The molecule has 158 valence electrons. The number of ketones is 1. The molecular weight excluding hydrogens is 391 g/mol. The third-order valence-electron chi connectivity index (χ3n) is 5.45. The molecule has 3 heterocycles. The standard InChI is InChI=1S/C22H23FN2O5/c23-16-6-4-15(5-7-16)20(26)18-19(17-3-1-12-30-17)25(22(28)21(18)27)9-2-8-24-10-13-29-14-11-24/h1,3-7,12,19,26H,2,8-11,13-14H2/b20-18+/t19-/m1/s1. The number of ether oxygens (including phenoxy) is 1. The van der Waals surface area contributed by atoms with Gasteiger partial charge in [-0.2, -0.15) is 0 Å². The molecule has 2 aromatic rings. The van der Waals surface area contributed by atoms with Crippen molar-refractivity contribution in [1.82, 2.24) is 9.80 Å². The molecule has 0 radical (unpaired) electrons. The van der Waals surface area contributed by atoms with Crippen LogP contribution in [0.4, 0.5) is 4.39 Å². The van der Waals surface area contributed by atoms with Gasteiger partial charge in [0.15, 0.2) is 0 Å². The third kappa shape index (κ3) is 4.01. The predicted molar refractivity (Wildman–Crippen MR) is 106 cm³/mol. The molecule has 2 fully saturated rings. The van der Waals surface area contributed by atoms with Gasteiger partial charge in [0, 0.05) is 31.7 Å². The van der Waals surface area contributed by atoms with Gasteiger partial charge in [0.05, 0.1) is 25.1 Å². The molecule has 2 aliphatic rings. The van der Waals surface area contributed by atoms with Crippen LogP contribution in [0.2, 0.25) is 0 Å². The summed E-state index contributed by atoms with van der Waals surface area (Å²) in [6, 6.07) is 7.63. The lowest BCUT2D eigenvalue weighted by molar-refractivity contribution is -0.140. The van der Waals surface area contributed by atoms with Crippen LogP contribution >= 0.6 is 0 Å². The fourth-order valence-corrected chi connectivity index (χ4v) is 3.91. The fourth-order valence-electron chi connectivity index (χ4n) is 3.91. The molecule has 1 aromatic heterocycles. The second-order valence-corrected chi connectivity index (χ2v) is 7.32. The minimum Gasteiger partial charge on any atom is -0.507 e. The number of Topliss-reactive ketones (excluding diaryl/α,β-unsaturated/α-hetero) is 1. The number of benzene rings is 1. The van der Waals surface area contributed by atoms with Crippen molar-refractivity contribution in [2.24, 2.45) is 0 Å². The number of aliphatic hydroxyl groups excluding tert-OH is 1. The average Bonchev–Trinajstić information content (AvgIpc) is 3.37. The molecule has 0 saturated carbocycles. The number of carbonyl (C=O) groups is 2. The van der Waals surface area contributed by atoms with Crippen LogP contribution in [-0.2, 0) is 14.3 Å². The summed E-state index contributed by atoms with van der Waals surface area (Å²) >= 11 is 0. The van der Waals surface area contributed by atoms with Gasteiger partial charge in [-0.3, -0.25) is 14.5 Å². The van der Waals surface area contributed by atoms with E-state index in [1.54, 1.807) is 12.1 Å². The van der Waals surface area contributed by atoms with Crippen LogP contribution in [-0.4, -0.2) is 66.0 Å². The van der Waals surface area contributed by atoms with Gasteiger partial charge >= 0.3 is 0 Å². The van der Waals surface area contributed by atoms with E-state index in [0.29, 0.717) is 31.9 Å². The number of morpholine rings is 1. The second-order valence-electron chi connectivity index (χ2n) is 7.32. The van der Waals surface area contributed by atoms with Crippen LogP contribution in [0.25, 0.3) is 5.76 Å². The number of likely N-dealkylation sites (tertiary alicyclic amines) is 1. The third-order valence-corrected chi connectivity index (χ3v) is 5.45. The van der Waals surface area contributed by atoms with Crippen molar-refractivity contribution in [1.29, 1.82) is 0 Å². The first kappa shape index (κ1) is 20.3. The molecule has 7 nitrogen and oxygen atoms in total. The molecular formula is C22H23FN2O5. The number of carbonyl (C=O) groups excluding carboxylic acids is 2. The van der Waals surface area contributed by atoms with Crippen LogP contribution in [0.3, 0.4) is 0 Å². The molecule has 2 aliphatic heterocycles. The predicted octanol–water partition coefficient (Wildman–Crippen LogP) is 2.56. The Labute approximate surface area is 173 Å². The Morgan fingerprint density at radius 3 is 2.50 bits per heavy atom. The number of halogens is 1. The Kier molecular flexibility index (Phi) is 5.96. The van der Waals surface area contributed by atoms with E-state index in [1.807, 2.05) is 0 Å². The summed E-state index contributed by atoms with van der Waals surface area (Å²) in [5.74, 6) is -1.86. The maximum Gasteiger partial charge on any atom is 0.295 e. The topological polar surface area (TPSA) is 83.2 Å². The largest absolute Gasteiger partial charge is 0.507 e. The van der Waals surface area contributed by atoms with Crippen molar-refractivity contribution >= 4 is 17.4 Å². The van der Waals surface area contributed by atoms with Gasteiger partial charge in [0.25, 0.3) is 11.7 Å². The number of nitrogens with zero attached hydrogens (tertiary/aromatic N) is 2. The van der Waals surface area contributed by atoms with Crippen LogP contribution in [0, 0.1) is 5.82 Å². The number of hydrogen-bond acceptors (Lipinski definition) is 6. The molecule has 30 heavy (non-hydrogen) atoms. The van der Waals surface area contributed by atoms with E-state index in [2.05, 4.69) is 4.90 Å². The molecule has 4 rings (SSSR count). The van der Waals surface area contributed by atoms with Crippen molar-refractivity contribution in [3.63, 3.8) is 0 Å². The number of aliphatic hydroxyl groups is 1. The van der Waals surface area contributed by atoms with Crippen LogP contribution in [0.15, 0.2) is 52.7 Å². The molecule has 1 N–H and O–H groups in total. The van der Waals surface area contributed by atoms with Crippen LogP contribution < -0.4 is 0 Å². The highest BCUT2D eigenvalue weighted by Gasteiger charge is 2.47. The van der Waals surface area contributed by atoms with E-state index in [1.165, 1.54) is 35.4 Å².